The van der Waals surface area contributed by atoms with Gasteiger partial charge >= 0.3 is 0 Å². The summed E-state index contributed by atoms with van der Waals surface area (Å²) in [5.41, 5.74) is 4.78. The van der Waals surface area contributed by atoms with Crippen molar-refractivity contribution in [2.45, 2.75) is 26.3 Å². The monoisotopic (exact) mass is 212 g/mol. The predicted molar refractivity (Wildman–Crippen MR) is 59.1 cm³/mol. The lowest BCUT2D eigenvalue weighted by Crippen LogP contribution is -2.32. The Kier molecular flexibility index (Phi) is 4.74. The van der Waals surface area contributed by atoms with Crippen molar-refractivity contribution >= 4 is 0 Å². The molecule has 0 fully saturated rings. The number of ether oxygens (including phenoxy) is 1. The summed E-state index contributed by atoms with van der Waals surface area (Å²) in [6, 6.07) is 2.02. The van der Waals surface area contributed by atoms with Crippen molar-refractivity contribution in [3.05, 3.63) is 17.5 Å². The average molecular weight is 212 g/mol. The van der Waals surface area contributed by atoms with Crippen LogP contribution in [-0.2, 0) is 11.8 Å². The van der Waals surface area contributed by atoms with E-state index in [0.29, 0.717) is 6.61 Å². The minimum absolute atomic E-state index is 0.00255. The highest BCUT2D eigenvalue weighted by Crippen LogP contribution is 2.13. The van der Waals surface area contributed by atoms with Crippen LogP contribution in [0, 0.1) is 6.92 Å². The molecule has 0 saturated carbocycles. The highest BCUT2D eigenvalue weighted by molar-refractivity contribution is 5.12. The first kappa shape index (κ1) is 12.2. The average Bonchev–Trinajstić information content (AvgIpc) is 2.53. The third-order valence-corrected chi connectivity index (χ3v) is 2.23. The lowest BCUT2D eigenvalue weighted by atomic mass is 10.2. The second kappa shape index (κ2) is 5.85. The van der Waals surface area contributed by atoms with Crippen LogP contribution in [0.4, 0.5) is 0 Å². The van der Waals surface area contributed by atoms with Crippen molar-refractivity contribution < 1.29 is 4.74 Å². The number of nitrogens with zero attached hydrogens (tertiary/aromatic N) is 2. The van der Waals surface area contributed by atoms with Crippen LogP contribution in [0.15, 0.2) is 6.07 Å². The minimum Gasteiger partial charge on any atom is -0.379 e. The largest absolute Gasteiger partial charge is 0.379 e. The molecule has 0 spiro atoms. The van der Waals surface area contributed by atoms with Crippen LogP contribution in [0.3, 0.4) is 0 Å². The third-order valence-electron chi connectivity index (χ3n) is 2.23. The molecule has 1 atom stereocenters. The van der Waals surface area contributed by atoms with Crippen molar-refractivity contribution in [1.29, 1.82) is 0 Å². The van der Waals surface area contributed by atoms with Gasteiger partial charge in [-0.15, -0.1) is 0 Å². The number of hydrogen-bond donors (Lipinski definition) is 2. The van der Waals surface area contributed by atoms with E-state index >= 15 is 0 Å². The Bertz CT molecular complexity index is 298. The van der Waals surface area contributed by atoms with E-state index in [9.17, 15) is 0 Å². The second-order valence-electron chi connectivity index (χ2n) is 3.63. The Balaban J connectivity index is 2.61. The molecule has 1 aromatic heterocycles. The number of nitrogens with one attached hydrogen (secondary N) is 1. The zero-order valence-electron chi connectivity index (χ0n) is 9.66. The van der Waals surface area contributed by atoms with Gasteiger partial charge in [-0.2, -0.15) is 5.10 Å². The molecular formula is C10H20N4O. The molecule has 5 nitrogen and oxygen atoms in total. The molecule has 1 heterocycles. The summed E-state index contributed by atoms with van der Waals surface area (Å²) in [7, 11) is 1.91. The number of aryl methyl sites for hydroxylation is 2. The lowest BCUT2D eigenvalue weighted by Gasteiger charge is -2.15. The zero-order valence-corrected chi connectivity index (χ0v) is 9.66. The van der Waals surface area contributed by atoms with Gasteiger partial charge in [0.2, 0.25) is 0 Å². The quantitative estimate of drug-likeness (QED) is 0.413. The van der Waals surface area contributed by atoms with E-state index in [-0.39, 0.29) is 6.04 Å². The van der Waals surface area contributed by atoms with Crippen molar-refractivity contribution in [2.75, 3.05) is 13.2 Å². The smallest absolute Gasteiger partial charge is 0.0862 e. The molecule has 1 unspecified atom stereocenters. The summed E-state index contributed by atoms with van der Waals surface area (Å²) in [6.45, 7) is 5.38. The summed E-state index contributed by atoms with van der Waals surface area (Å²) >= 11 is 0. The predicted octanol–water partition coefficient (Wildman–Crippen LogP) is 0.660. The molecule has 86 valence electrons. The minimum atomic E-state index is 0.00255. The molecule has 1 rings (SSSR count). The van der Waals surface area contributed by atoms with Crippen molar-refractivity contribution in [3.8, 4) is 0 Å². The molecular weight excluding hydrogens is 192 g/mol. The molecule has 0 bridgehead atoms. The molecule has 15 heavy (non-hydrogen) atoms. The fraction of sp³-hybridized carbons (Fsp3) is 0.700. The van der Waals surface area contributed by atoms with Gasteiger partial charge in [0.1, 0.15) is 0 Å². The maximum atomic E-state index is 5.49. The van der Waals surface area contributed by atoms with E-state index in [1.54, 1.807) is 0 Å². The Morgan fingerprint density at radius 3 is 2.87 bits per heavy atom. The van der Waals surface area contributed by atoms with Crippen LogP contribution in [0.2, 0.25) is 0 Å². The van der Waals surface area contributed by atoms with Crippen LogP contribution >= 0.6 is 0 Å². The van der Waals surface area contributed by atoms with Gasteiger partial charge in [0.05, 0.1) is 24.0 Å². The van der Waals surface area contributed by atoms with E-state index in [0.717, 1.165) is 24.4 Å². The zero-order chi connectivity index (χ0) is 11.3. The first-order valence-corrected chi connectivity index (χ1v) is 5.23. The van der Waals surface area contributed by atoms with Gasteiger partial charge in [-0.3, -0.25) is 10.5 Å². The van der Waals surface area contributed by atoms with Crippen molar-refractivity contribution in [1.82, 2.24) is 15.2 Å². The van der Waals surface area contributed by atoms with Gasteiger partial charge in [0.25, 0.3) is 0 Å². The van der Waals surface area contributed by atoms with Crippen LogP contribution in [-0.4, -0.2) is 23.0 Å². The summed E-state index contributed by atoms with van der Waals surface area (Å²) < 4.78 is 7.30. The van der Waals surface area contributed by atoms with E-state index in [4.69, 9.17) is 10.6 Å². The van der Waals surface area contributed by atoms with Crippen LogP contribution in [0.25, 0.3) is 0 Å². The Morgan fingerprint density at radius 2 is 2.40 bits per heavy atom. The van der Waals surface area contributed by atoms with Gasteiger partial charge in [0.15, 0.2) is 0 Å². The van der Waals surface area contributed by atoms with Gasteiger partial charge in [-0.05, 0) is 19.4 Å². The molecule has 0 aliphatic heterocycles. The molecule has 0 aliphatic carbocycles. The van der Waals surface area contributed by atoms with E-state index in [2.05, 4.69) is 17.4 Å². The molecule has 0 radical (unpaired) electrons. The van der Waals surface area contributed by atoms with Crippen molar-refractivity contribution in [2.24, 2.45) is 12.9 Å². The normalized spacial score (nSPS) is 13.1. The maximum absolute atomic E-state index is 5.49. The highest BCUT2D eigenvalue weighted by Gasteiger charge is 2.14. The van der Waals surface area contributed by atoms with E-state index in [1.165, 1.54) is 0 Å². The Hall–Kier alpha value is -0.910. The summed E-state index contributed by atoms with van der Waals surface area (Å²) in [6.07, 6.45) is 1.02. The highest BCUT2D eigenvalue weighted by atomic mass is 16.5. The first-order valence-electron chi connectivity index (χ1n) is 5.23. The molecule has 0 aromatic carbocycles. The van der Waals surface area contributed by atoms with Gasteiger partial charge in [-0.1, -0.05) is 6.92 Å². The van der Waals surface area contributed by atoms with Gasteiger partial charge in [-0.25, -0.2) is 5.43 Å². The fourth-order valence-electron chi connectivity index (χ4n) is 1.52. The Morgan fingerprint density at radius 1 is 1.67 bits per heavy atom. The van der Waals surface area contributed by atoms with Crippen LogP contribution < -0.4 is 11.3 Å². The Labute approximate surface area is 90.6 Å². The molecule has 0 aliphatic rings. The summed E-state index contributed by atoms with van der Waals surface area (Å²) in [4.78, 5) is 0. The standard InChI is InChI=1S/C10H20N4O/c1-4-5-15-7-9(12-11)10-6-8(2)13-14(10)3/h6,9,12H,4-5,7,11H2,1-3H3. The molecule has 1 aromatic rings. The van der Waals surface area contributed by atoms with E-state index in [1.807, 2.05) is 24.7 Å². The number of hydrogen-bond acceptors (Lipinski definition) is 4. The topological polar surface area (TPSA) is 65.1 Å². The number of nitrogens with two attached hydrogens (primary N) is 1. The van der Waals surface area contributed by atoms with Crippen LogP contribution in [0.1, 0.15) is 30.8 Å². The van der Waals surface area contributed by atoms with Crippen molar-refractivity contribution in [3.63, 3.8) is 0 Å². The van der Waals surface area contributed by atoms with E-state index < -0.39 is 0 Å². The first-order chi connectivity index (χ1) is 7.19. The molecule has 3 N–H and O–H groups in total. The number of rotatable bonds is 6. The molecule has 0 saturated heterocycles. The van der Waals surface area contributed by atoms with Gasteiger partial charge < -0.3 is 4.74 Å². The molecule has 5 heteroatoms. The maximum Gasteiger partial charge on any atom is 0.0862 e. The molecule has 0 amide bonds. The van der Waals surface area contributed by atoms with Gasteiger partial charge in [0, 0.05) is 13.7 Å². The summed E-state index contributed by atoms with van der Waals surface area (Å²) in [5, 5.41) is 4.27. The second-order valence-corrected chi connectivity index (χ2v) is 3.63. The number of aromatic nitrogens is 2. The fourth-order valence-corrected chi connectivity index (χ4v) is 1.52. The SMILES string of the molecule is CCCOCC(NN)c1cc(C)nn1C. The third kappa shape index (κ3) is 3.30. The lowest BCUT2D eigenvalue weighted by molar-refractivity contribution is 0.110. The van der Waals surface area contributed by atoms with Crippen LogP contribution in [0.5, 0.6) is 0 Å². The summed E-state index contributed by atoms with van der Waals surface area (Å²) in [5.74, 6) is 5.49. The number of hydrazine groups is 1.